The highest BCUT2D eigenvalue weighted by Crippen LogP contribution is 2.23. The summed E-state index contributed by atoms with van der Waals surface area (Å²) in [5, 5.41) is 5.58. The van der Waals surface area contributed by atoms with E-state index >= 15 is 0 Å². The average Bonchev–Trinajstić information content (AvgIpc) is 2.40. The van der Waals surface area contributed by atoms with Gasteiger partial charge in [-0.2, -0.15) is 0 Å². The van der Waals surface area contributed by atoms with Gasteiger partial charge in [0.2, 0.25) is 5.91 Å². The summed E-state index contributed by atoms with van der Waals surface area (Å²) in [4.78, 5) is 13.4. The standard InChI is InChI=1S/C14H22FN3O/c1-10(14(19)17-3)9-18(4)13-7-5-6-12(15)11(13)8-16-2/h5-7,10,16H,8-9H2,1-4H3,(H,17,19). The molecule has 1 amide bonds. The van der Waals surface area contributed by atoms with Gasteiger partial charge in [-0.3, -0.25) is 4.79 Å². The largest absolute Gasteiger partial charge is 0.373 e. The Morgan fingerprint density at radius 1 is 1.42 bits per heavy atom. The van der Waals surface area contributed by atoms with Crippen LogP contribution >= 0.6 is 0 Å². The SMILES string of the molecule is CNCc1c(F)cccc1N(C)CC(C)C(=O)NC. The van der Waals surface area contributed by atoms with Gasteiger partial charge in [0.15, 0.2) is 0 Å². The topological polar surface area (TPSA) is 44.4 Å². The van der Waals surface area contributed by atoms with Crippen molar-refractivity contribution in [2.24, 2.45) is 5.92 Å². The van der Waals surface area contributed by atoms with Crippen LogP contribution < -0.4 is 15.5 Å². The van der Waals surface area contributed by atoms with Crippen molar-refractivity contribution in [2.75, 3.05) is 32.6 Å². The molecule has 0 aliphatic carbocycles. The Balaban J connectivity index is 2.90. The van der Waals surface area contributed by atoms with Crippen LogP contribution in [-0.4, -0.2) is 33.6 Å². The second kappa shape index (κ2) is 7.09. The van der Waals surface area contributed by atoms with E-state index in [1.807, 2.05) is 24.9 Å². The summed E-state index contributed by atoms with van der Waals surface area (Å²) in [6.45, 7) is 2.85. The van der Waals surface area contributed by atoms with E-state index in [4.69, 9.17) is 0 Å². The Labute approximate surface area is 114 Å². The number of anilines is 1. The Hall–Kier alpha value is -1.62. The summed E-state index contributed by atoms with van der Waals surface area (Å²) in [5.41, 5.74) is 1.43. The van der Waals surface area contributed by atoms with Gasteiger partial charge in [-0.15, -0.1) is 0 Å². The third kappa shape index (κ3) is 3.92. The summed E-state index contributed by atoms with van der Waals surface area (Å²) in [7, 11) is 5.27. The molecule has 0 aliphatic heterocycles. The van der Waals surface area contributed by atoms with E-state index in [1.165, 1.54) is 6.07 Å². The number of benzene rings is 1. The van der Waals surface area contributed by atoms with Crippen LogP contribution in [0.1, 0.15) is 12.5 Å². The molecule has 106 valence electrons. The second-order valence-electron chi connectivity index (χ2n) is 4.66. The average molecular weight is 267 g/mol. The van der Waals surface area contributed by atoms with Gasteiger partial charge in [0.1, 0.15) is 5.82 Å². The summed E-state index contributed by atoms with van der Waals surface area (Å²) in [6.07, 6.45) is 0. The molecule has 1 aromatic rings. The van der Waals surface area contributed by atoms with Crippen LogP contribution in [0.4, 0.5) is 10.1 Å². The number of halogens is 1. The lowest BCUT2D eigenvalue weighted by atomic mass is 10.1. The molecule has 0 aromatic heterocycles. The zero-order valence-electron chi connectivity index (χ0n) is 12.0. The first kappa shape index (κ1) is 15.4. The zero-order chi connectivity index (χ0) is 14.4. The van der Waals surface area contributed by atoms with Crippen molar-refractivity contribution in [2.45, 2.75) is 13.5 Å². The molecule has 0 spiro atoms. The molecule has 2 N–H and O–H groups in total. The molecule has 0 bridgehead atoms. The minimum Gasteiger partial charge on any atom is -0.373 e. The highest BCUT2D eigenvalue weighted by molar-refractivity contribution is 5.78. The van der Waals surface area contributed by atoms with E-state index in [9.17, 15) is 9.18 Å². The smallest absolute Gasteiger partial charge is 0.224 e. The third-order valence-electron chi connectivity index (χ3n) is 3.10. The first-order chi connectivity index (χ1) is 9.01. The quantitative estimate of drug-likeness (QED) is 0.818. The minimum absolute atomic E-state index is 0.0154. The number of rotatable bonds is 6. The summed E-state index contributed by atoms with van der Waals surface area (Å²) in [6, 6.07) is 5.00. The van der Waals surface area contributed by atoms with Gasteiger partial charge < -0.3 is 15.5 Å². The van der Waals surface area contributed by atoms with Crippen molar-refractivity contribution in [3.63, 3.8) is 0 Å². The van der Waals surface area contributed by atoms with Crippen LogP contribution in [0, 0.1) is 11.7 Å². The predicted octanol–water partition coefficient (Wildman–Crippen LogP) is 1.36. The van der Waals surface area contributed by atoms with Crippen LogP contribution in [0.3, 0.4) is 0 Å². The fraction of sp³-hybridized carbons (Fsp3) is 0.500. The zero-order valence-corrected chi connectivity index (χ0v) is 12.0. The Bertz CT molecular complexity index is 437. The lowest BCUT2D eigenvalue weighted by molar-refractivity contribution is -0.123. The van der Waals surface area contributed by atoms with Gasteiger partial charge in [-0.1, -0.05) is 13.0 Å². The second-order valence-corrected chi connectivity index (χ2v) is 4.66. The number of carbonyl (C=O) groups is 1. The van der Waals surface area contributed by atoms with Crippen LogP contribution in [0.2, 0.25) is 0 Å². The maximum Gasteiger partial charge on any atom is 0.224 e. The molecule has 0 saturated carbocycles. The molecular weight excluding hydrogens is 245 g/mol. The molecule has 1 aromatic carbocycles. The normalized spacial score (nSPS) is 12.1. The number of carbonyl (C=O) groups excluding carboxylic acids is 1. The molecule has 1 unspecified atom stereocenters. The van der Waals surface area contributed by atoms with E-state index in [2.05, 4.69) is 10.6 Å². The fourth-order valence-corrected chi connectivity index (χ4v) is 2.10. The molecule has 0 radical (unpaired) electrons. The van der Waals surface area contributed by atoms with Crippen LogP contribution in [0.15, 0.2) is 18.2 Å². The minimum atomic E-state index is -0.230. The molecule has 1 atom stereocenters. The molecule has 1 rings (SSSR count). The Morgan fingerprint density at radius 3 is 2.68 bits per heavy atom. The van der Waals surface area contributed by atoms with Gasteiger partial charge in [0.05, 0.1) is 5.92 Å². The van der Waals surface area contributed by atoms with E-state index < -0.39 is 0 Å². The highest BCUT2D eigenvalue weighted by Gasteiger charge is 2.17. The molecule has 0 saturated heterocycles. The number of hydrogen-bond acceptors (Lipinski definition) is 3. The van der Waals surface area contributed by atoms with Crippen molar-refractivity contribution in [3.05, 3.63) is 29.6 Å². The van der Waals surface area contributed by atoms with Crippen LogP contribution in [0.5, 0.6) is 0 Å². The highest BCUT2D eigenvalue weighted by atomic mass is 19.1. The predicted molar refractivity (Wildman–Crippen MR) is 75.7 cm³/mol. The van der Waals surface area contributed by atoms with Crippen LogP contribution in [-0.2, 0) is 11.3 Å². The monoisotopic (exact) mass is 267 g/mol. The third-order valence-corrected chi connectivity index (χ3v) is 3.10. The van der Waals surface area contributed by atoms with Gasteiger partial charge in [0.25, 0.3) is 0 Å². The maximum absolute atomic E-state index is 13.8. The lowest BCUT2D eigenvalue weighted by Crippen LogP contribution is -2.35. The number of amides is 1. The van der Waals surface area contributed by atoms with Crippen molar-refractivity contribution >= 4 is 11.6 Å². The van der Waals surface area contributed by atoms with Crippen molar-refractivity contribution in [1.82, 2.24) is 10.6 Å². The Kier molecular flexibility index (Phi) is 5.76. The van der Waals surface area contributed by atoms with Crippen LogP contribution in [0.25, 0.3) is 0 Å². The molecule has 19 heavy (non-hydrogen) atoms. The van der Waals surface area contributed by atoms with E-state index in [0.29, 0.717) is 18.7 Å². The van der Waals surface area contributed by atoms with Crippen molar-refractivity contribution in [3.8, 4) is 0 Å². The fourth-order valence-electron chi connectivity index (χ4n) is 2.10. The first-order valence-electron chi connectivity index (χ1n) is 6.36. The van der Waals surface area contributed by atoms with Gasteiger partial charge in [-0.25, -0.2) is 4.39 Å². The van der Waals surface area contributed by atoms with Crippen molar-refractivity contribution in [1.29, 1.82) is 0 Å². The maximum atomic E-state index is 13.8. The molecule has 4 nitrogen and oxygen atoms in total. The molecule has 0 heterocycles. The number of nitrogens with one attached hydrogen (secondary N) is 2. The lowest BCUT2D eigenvalue weighted by Gasteiger charge is -2.25. The van der Waals surface area contributed by atoms with Crippen molar-refractivity contribution < 1.29 is 9.18 Å². The van der Waals surface area contributed by atoms with Gasteiger partial charge in [-0.05, 0) is 19.2 Å². The summed E-state index contributed by atoms with van der Waals surface area (Å²) >= 11 is 0. The molecular formula is C14H22FN3O. The molecule has 0 aliphatic rings. The van der Waals surface area contributed by atoms with Gasteiger partial charge in [0, 0.05) is 38.4 Å². The van der Waals surface area contributed by atoms with E-state index in [0.717, 1.165) is 5.69 Å². The first-order valence-corrected chi connectivity index (χ1v) is 6.36. The van der Waals surface area contributed by atoms with E-state index in [1.54, 1.807) is 20.2 Å². The molecule has 0 fully saturated rings. The number of nitrogens with zero attached hydrogens (tertiary/aromatic N) is 1. The van der Waals surface area contributed by atoms with E-state index in [-0.39, 0.29) is 17.6 Å². The Morgan fingerprint density at radius 2 is 2.11 bits per heavy atom. The molecule has 5 heteroatoms. The number of hydrogen-bond donors (Lipinski definition) is 2. The summed E-state index contributed by atoms with van der Waals surface area (Å²) < 4.78 is 13.8. The summed E-state index contributed by atoms with van der Waals surface area (Å²) in [5.74, 6) is -0.398. The van der Waals surface area contributed by atoms with Gasteiger partial charge >= 0.3 is 0 Å².